The molecule has 2 aromatic rings. The van der Waals surface area contributed by atoms with Crippen molar-refractivity contribution in [3.05, 3.63) is 41.0 Å². The molecule has 0 bridgehead atoms. The van der Waals surface area contributed by atoms with E-state index in [1.54, 1.807) is 10.9 Å². The second-order valence-electron chi connectivity index (χ2n) is 2.97. The third-order valence-electron chi connectivity index (χ3n) is 1.81. The Labute approximate surface area is 86.3 Å². The Balaban J connectivity index is 2.15. The smallest absolute Gasteiger partial charge is 0.165 e. The fourth-order valence-corrected chi connectivity index (χ4v) is 1.29. The molecule has 0 saturated carbocycles. The van der Waals surface area contributed by atoms with E-state index < -0.39 is 0 Å². The summed E-state index contributed by atoms with van der Waals surface area (Å²) in [4.78, 5) is 0. The molecule has 0 saturated heterocycles. The summed E-state index contributed by atoms with van der Waals surface area (Å²) >= 11 is 5.76. The van der Waals surface area contributed by atoms with Gasteiger partial charge in [-0.3, -0.25) is 0 Å². The van der Waals surface area contributed by atoms with Crippen LogP contribution >= 0.6 is 11.6 Å². The second kappa shape index (κ2) is 3.67. The summed E-state index contributed by atoms with van der Waals surface area (Å²) in [6.45, 7) is 0.654. The van der Waals surface area contributed by atoms with Crippen molar-refractivity contribution >= 4 is 17.4 Å². The maximum Gasteiger partial charge on any atom is 0.165 e. The maximum atomic E-state index is 5.76. The van der Waals surface area contributed by atoms with Crippen LogP contribution in [0.5, 0.6) is 0 Å². The Bertz CT molecular complexity index is 421. The first kappa shape index (κ1) is 9.02. The first-order chi connectivity index (χ1) is 6.74. The van der Waals surface area contributed by atoms with Gasteiger partial charge < -0.3 is 5.73 Å². The zero-order chi connectivity index (χ0) is 9.97. The Kier molecular flexibility index (Phi) is 2.37. The van der Waals surface area contributed by atoms with Crippen LogP contribution in [0.1, 0.15) is 5.56 Å². The van der Waals surface area contributed by atoms with E-state index in [9.17, 15) is 0 Å². The van der Waals surface area contributed by atoms with Gasteiger partial charge in [-0.1, -0.05) is 28.9 Å². The van der Waals surface area contributed by atoms with Gasteiger partial charge in [0.05, 0.1) is 12.7 Å². The van der Waals surface area contributed by atoms with Crippen LogP contribution in [0.2, 0.25) is 5.02 Å². The molecule has 0 aliphatic rings. The normalized spacial score (nSPS) is 10.4. The molecule has 0 atom stereocenters. The quantitative estimate of drug-likeness (QED) is 0.815. The molecule has 14 heavy (non-hydrogen) atoms. The zero-order valence-electron chi connectivity index (χ0n) is 7.39. The number of hydrogen-bond donors (Lipinski definition) is 1. The molecule has 1 heterocycles. The molecule has 0 spiro atoms. The van der Waals surface area contributed by atoms with E-state index >= 15 is 0 Å². The number of nitrogens with two attached hydrogens (primary N) is 1. The number of rotatable bonds is 2. The highest BCUT2D eigenvalue weighted by atomic mass is 35.5. The van der Waals surface area contributed by atoms with E-state index in [0.29, 0.717) is 12.4 Å². The minimum absolute atomic E-state index is 0.430. The van der Waals surface area contributed by atoms with Gasteiger partial charge in [-0.05, 0) is 17.7 Å². The lowest BCUT2D eigenvalue weighted by atomic mass is 10.2. The van der Waals surface area contributed by atoms with Crippen LogP contribution in [0, 0.1) is 0 Å². The number of nitrogens with zero attached hydrogens (tertiary/aromatic N) is 3. The number of anilines is 1. The maximum absolute atomic E-state index is 5.76. The van der Waals surface area contributed by atoms with Crippen LogP contribution in [0.15, 0.2) is 30.5 Å². The minimum Gasteiger partial charge on any atom is -0.381 e. The Morgan fingerprint density at radius 2 is 2.00 bits per heavy atom. The SMILES string of the molecule is Nc1cn(Cc2ccc(Cl)cc2)nn1. The second-order valence-corrected chi connectivity index (χ2v) is 3.40. The van der Waals surface area contributed by atoms with Crippen molar-refractivity contribution in [1.82, 2.24) is 15.0 Å². The molecule has 1 aromatic carbocycles. The summed E-state index contributed by atoms with van der Waals surface area (Å²) in [6.07, 6.45) is 1.69. The van der Waals surface area contributed by atoms with E-state index in [2.05, 4.69) is 10.3 Å². The van der Waals surface area contributed by atoms with Crippen molar-refractivity contribution in [3.8, 4) is 0 Å². The topological polar surface area (TPSA) is 56.7 Å². The van der Waals surface area contributed by atoms with E-state index in [4.69, 9.17) is 17.3 Å². The fourth-order valence-electron chi connectivity index (χ4n) is 1.17. The third-order valence-corrected chi connectivity index (χ3v) is 2.07. The number of benzene rings is 1. The van der Waals surface area contributed by atoms with Gasteiger partial charge in [0.15, 0.2) is 5.82 Å². The highest BCUT2D eigenvalue weighted by molar-refractivity contribution is 6.30. The van der Waals surface area contributed by atoms with Crippen LogP contribution in [0.4, 0.5) is 5.82 Å². The van der Waals surface area contributed by atoms with E-state index in [1.807, 2.05) is 24.3 Å². The molecule has 0 aliphatic heterocycles. The molecule has 2 N–H and O–H groups in total. The predicted molar refractivity (Wildman–Crippen MR) is 55.0 cm³/mol. The van der Waals surface area contributed by atoms with Gasteiger partial charge in [0, 0.05) is 5.02 Å². The molecular weight excluding hydrogens is 200 g/mol. The molecule has 0 amide bonds. The van der Waals surface area contributed by atoms with Gasteiger partial charge in [-0.2, -0.15) is 0 Å². The van der Waals surface area contributed by atoms with Gasteiger partial charge in [0.25, 0.3) is 0 Å². The molecular formula is C9H9ClN4. The van der Waals surface area contributed by atoms with Crippen molar-refractivity contribution in [2.45, 2.75) is 6.54 Å². The van der Waals surface area contributed by atoms with Gasteiger partial charge in [0.1, 0.15) is 0 Å². The molecule has 2 rings (SSSR count). The third kappa shape index (κ3) is 2.03. The number of nitrogen functional groups attached to an aromatic ring is 1. The minimum atomic E-state index is 0.430. The lowest BCUT2D eigenvalue weighted by Gasteiger charge is -1.99. The molecule has 0 fully saturated rings. The highest BCUT2D eigenvalue weighted by Gasteiger charge is 1.97. The van der Waals surface area contributed by atoms with Crippen LogP contribution in [-0.2, 0) is 6.54 Å². The summed E-state index contributed by atoms with van der Waals surface area (Å²) < 4.78 is 1.68. The van der Waals surface area contributed by atoms with Gasteiger partial charge >= 0.3 is 0 Å². The van der Waals surface area contributed by atoms with Crippen LogP contribution in [-0.4, -0.2) is 15.0 Å². The summed E-state index contributed by atoms with van der Waals surface area (Å²) in [5.74, 6) is 0.430. The zero-order valence-corrected chi connectivity index (χ0v) is 8.15. The number of hydrogen-bond acceptors (Lipinski definition) is 3. The Morgan fingerprint density at radius 3 is 2.57 bits per heavy atom. The fraction of sp³-hybridized carbons (Fsp3) is 0.111. The van der Waals surface area contributed by atoms with Gasteiger partial charge in [-0.15, -0.1) is 5.10 Å². The molecule has 0 unspecified atom stereocenters. The molecule has 0 aliphatic carbocycles. The predicted octanol–water partition coefficient (Wildman–Crippen LogP) is 1.56. The summed E-state index contributed by atoms with van der Waals surface area (Å²) in [5, 5.41) is 8.27. The highest BCUT2D eigenvalue weighted by Crippen LogP contribution is 2.10. The van der Waals surface area contributed by atoms with Crippen LogP contribution in [0.3, 0.4) is 0 Å². The van der Waals surface area contributed by atoms with Crippen LogP contribution in [0.25, 0.3) is 0 Å². The monoisotopic (exact) mass is 208 g/mol. The summed E-state index contributed by atoms with van der Waals surface area (Å²) in [6, 6.07) is 7.58. The molecule has 0 radical (unpaired) electrons. The largest absolute Gasteiger partial charge is 0.381 e. The van der Waals surface area contributed by atoms with Crippen molar-refractivity contribution in [2.24, 2.45) is 0 Å². The molecule has 72 valence electrons. The Morgan fingerprint density at radius 1 is 1.29 bits per heavy atom. The summed E-state index contributed by atoms with van der Waals surface area (Å²) in [7, 11) is 0. The standard InChI is InChI=1S/C9H9ClN4/c10-8-3-1-7(2-4-8)5-14-6-9(11)12-13-14/h1-4,6H,5,11H2. The van der Waals surface area contributed by atoms with Gasteiger partial charge in [-0.25, -0.2) is 4.68 Å². The molecule has 1 aromatic heterocycles. The van der Waals surface area contributed by atoms with Gasteiger partial charge in [0.2, 0.25) is 0 Å². The van der Waals surface area contributed by atoms with Crippen molar-refractivity contribution in [2.75, 3.05) is 5.73 Å². The van der Waals surface area contributed by atoms with Crippen molar-refractivity contribution in [3.63, 3.8) is 0 Å². The molecule has 5 heteroatoms. The van der Waals surface area contributed by atoms with E-state index in [-0.39, 0.29) is 0 Å². The first-order valence-corrected chi connectivity index (χ1v) is 4.52. The number of halogens is 1. The van der Waals surface area contributed by atoms with Crippen molar-refractivity contribution < 1.29 is 0 Å². The average molecular weight is 209 g/mol. The van der Waals surface area contributed by atoms with E-state index in [1.165, 1.54) is 0 Å². The molecule has 4 nitrogen and oxygen atoms in total. The summed E-state index contributed by atoms with van der Waals surface area (Å²) in [5.41, 5.74) is 6.55. The van der Waals surface area contributed by atoms with E-state index in [0.717, 1.165) is 10.6 Å². The van der Waals surface area contributed by atoms with Crippen LogP contribution < -0.4 is 5.73 Å². The Hall–Kier alpha value is -1.55. The number of aromatic nitrogens is 3. The lowest BCUT2D eigenvalue weighted by Crippen LogP contribution is -1.99. The van der Waals surface area contributed by atoms with Crippen molar-refractivity contribution in [1.29, 1.82) is 0 Å². The lowest BCUT2D eigenvalue weighted by molar-refractivity contribution is 0.650. The first-order valence-electron chi connectivity index (χ1n) is 4.14. The average Bonchev–Trinajstić information content (AvgIpc) is 2.56.